The van der Waals surface area contributed by atoms with Gasteiger partial charge in [-0.3, -0.25) is 0 Å². The number of benzene rings is 2. The smallest absolute Gasteiger partial charge is 0.118 e. The molecule has 0 heterocycles. The number of unbranched alkanes of at least 4 members (excludes halogenated alkanes) is 18. The van der Waals surface area contributed by atoms with Crippen LogP contribution in [0.3, 0.4) is 0 Å². The van der Waals surface area contributed by atoms with E-state index in [0.717, 1.165) is 68.2 Å². The second-order valence-corrected chi connectivity index (χ2v) is 12.0. The zero-order chi connectivity index (χ0) is 29.2. The summed E-state index contributed by atoms with van der Waals surface area (Å²) in [5, 5.41) is 32.6. The third-order valence-electron chi connectivity index (χ3n) is 8.45. The van der Waals surface area contributed by atoms with E-state index in [-0.39, 0.29) is 0 Å². The molecule has 0 atom stereocenters. The minimum atomic E-state index is 0.438. The molecular weight excluding hydrogens is 506 g/mol. The molecule has 0 saturated carbocycles. The Morgan fingerprint density at radius 1 is 0.415 bits per heavy atom. The van der Waals surface area contributed by atoms with Crippen LogP contribution < -0.4 is 0 Å². The summed E-state index contributed by atoms with van der Waals surface area (Å²) in [6.07, 6.45) is 29.3. The van der Waals surface area contributed by atoms with Crippen LogP contribution >= 0.6 is 0 Å². The lowest BCUT2D eigenvalue weighted by Crippen LogP contribution is -1.99. The van der Waals surface area contributed by atoms with Gasteiger partial charge in [-0.15, -0.1) is 0 Å². The number of aromatic hydroxyl groups is 2. The van der Waals surface area contributed by atoms with E-state index in [4.69, 9.17) is 0 Å². The van der Waals surface area contributed by atoms with E-state index in [1.54, 1.807) is 12.1 Å². The van der Waals surface area contributed by atoms with Gasteiger partial charge in [0.05, 0.1) is 5.71 Å². The van der Waals surface area contributed by atoms with Crippen LogP contribution in [0.5, 0.6) is 11.5 Å². The van der Waals surface area contributed by atoms with Gasteiger partial charge in [0.25, 0.3) is 0 Å². The summed E-state index contributed by atoms with van der Waals surface area (Å²) in [5.41, 5.74) is 3.15. The molecule has 0 aliphatic heterocycles. The molecule has 0 aliphatic carbocycles. The summed E-state index contributed by atoms with van der Waals surface area (Å²) in [6.45, 7) is 0. The Kier molecular flexibility index (Phi) is 20.4. The molecule has 0 saturated heterocycles. The summed E-state index contributed by atoms with van der Waals surface area (Å²) in [4.78, 5) is 0. The highest BCUT2D eigenvalue weighted by Crippen LogP contribution is 2.21. The second-order valence-electron chi connectivity index (χ2n) is 12.0. The van der Waals surface area contributed by atoms with E-state index >= 15 is 0 Å². The van der Waals surface area contributed by atoms with E-state index in [1.165, 1.54) is 103 Å². The van der Waals surface area contributed by atoms with Crippen molar-refractivity contribution in [2.24, 2.45) is 5.16 Å². The molecule has 2 aromatic rings. The number of aryl methyl sites for hydroxylation is 2. The van der Waals surface area contributed by atoms with Crippen LogP contribution in [0, 0.1) is 0 Å². The number of phenolic OH excluding ortho intramolecular Hbond substituents is 2. The van der Waals surface area contributed by atoms with Crippen molar-refractivity contribution in [1.29, 1.82) is 0 Å². The summed E-state index contributed by atoms with van der Waals surface area (Å²) in [5.74, 6) is 0.875. The average Bonchev–Trinajstić information content (AvgIpc) is 2.98. The fourth-order valence-electron chi connectivity index (χ4n) is 5.79. The highest BCUT2D eigenvalue weighted by molar-refractivity contribution is 5.83. The summed E-state index contributed by atoms with van der Waals surface area (Å²) < 4.78 is 0. The molecule has 2 aromatic carbocycles. The quantitative estimate of drug-likeness (QED) is 0.0459. The minimum absolute atomic E-state index is 0.438. The second kappa shape index (κ2) is 24.1. The lowest BCUT2D eigenvalue weighted by atomic mass is 10.0. The molecule has 4 nitrogen and oxygen atoms in total. The SMILES string of the molecule is ON=C(CCCCCCCCCCCCc1ccccc1O)CCCCCCCCCCCCc1ccccc1O. The Bertz CT molecular complexity index is 854. The van der Waals surface area contributed by atoms with E-state index in [9.17, 15) is 15.4 Å². The maximum atomic E-state index is 9.82. The zero-order valence-electron chi connectivity index (χ0n) is 25.9. The first-order valence-electron chi connectivity index (χ1n) is 16.9. The van der Waals surface area contributed by atoms with Crippen molar-refractivity contribution in [3.05, 3.63) is 59.7 Å². The van der Waals surface area contributed by atoms with Gasteiger partial charge in [0, 0.05) is 0 Å². The maximum Gasteiger partial charge on any atom is 0.118 e. The van der Waals surface area contributed by atoms with Gasteiger partial charge in [0.15, 0.2) is 0 Å². The molecule has 3 N–H and O–H groups in total. The Labute approximate surface area is 251 Å². The van der Waals surface area contributed by atoms with Gasteiger partial charge >= 0.3 is 0 Å². The van der Waals surface area contributed by atoms with Crippen molar-refractivity contribution in [2.45, 2.75) is 154 Å². The zero-order valence-corrected chi connectivity index (χ0v) is 25.9. The molecule has 230 valence electrons. The Hall–Kier alpha value is -2.49. The predicted molar refractivity (Wildman–Crippen MR) is 174 cm³/mol. The van der Waals surface area contributed by atoms with Crippen molar-refractivity contribution in [2.75, 3.05) is 0 Å². The number of hydrogen-bond donors (Lipinski definition) is 3. The number of oxime groups is 1. The molecule has 41 heavy (non-hydrogen) atoms. The van der Waals surface area contributed by atoms with Crippen molar-refractivity contribution in [3.8, 4) is 11.5 Å². The lowest BCUT2D eigenvalue weighted by Gasteiger charge is -2.06. The van der Waals surface area contributed by atoms with Gasteiger partial charge in [-0.1, -0.05) is 144 Å². The van der Waals surface area contributed by atoms with E-state index < -0.39 is 0 Å². The molecule has 2 rings (SSSR count). The monoisotopic (exact) mass is 565 g/mol. The van der Waals surface area contributed by atoms with Gasteiger partial charge in [-0.25, -0.2) is 0 Å². The first-order chi connectivity index (χ1) is 20.2. The van der Waals surface area contributed by atoms with Gasteiger partial charge < -0.3 is 15.4 Å². The maximum absolute atomic E-state index is 9.82. The van der Waals surface area contributed by atoms with Gasteiger partial charge in [0.2, 0.25) is 0 Å². The van der Waals surface area contributed by atoms with Crippen LogP contribution in [-0.4, -0.2) is 21.1 Å². The Balaban J connectivity index is 1.28. The van der Waals surface area contributed by atoms with E-state index in [2.05, 4.69) is 5.16 Å². The highest BCUT2D eigenvalue weighted by atomic mass is 16.4. The average molecular weight is 566 g/mol. The van der Waals surface area contributed by atoms with Gasteiger partial charge in [-0.05, 0) is 74.6 Å². The van der Waals surface area contributed by atoms with Crippen molar-refractivity contribution < 1.29 is 15.4 Å². The molecule has 0 aromatic heterocycles. The third kappa shape index (κ3) is 17.8. The Morgan fingerprint density at radius 2 is 0.707 bits per heavy atom. The molecule has 0 bridgehead atoms. The normalized spacial score (nSPS) is 11.1. The first kappa shape index (κ1) is 34.7. The molecule has 0 unspecified atom stereocenters. The molecule has 0 spiro atoms. The molecule has 4 heteroatoms. The molecular formula is C37H59NO3. The van der Waals surface area contributed by atoms with Gasteiger partial charge in [0.1, 0.15) is 11.5 Å². The largest absolute Gasteiger partial charge is 0.508 e. The van der Waals surface area contributed by atoms with Crippen LogP contribution in [0.2, 0.25) is 0 Å². The molecule has 0 fully saturated rings. The predicted octanol–water partition coefficient (Wildman–Crippen LogP) is 11.3. The number of nitrogens with zero attached hydrogens (tertiary/aromatic N) is 1. The first-order valence-corrected chi connectivity index (χ1v) is 16.9. The summed E-state index contributed by atoms with van der Waals surface area (Å²) in [7, 11) is 0. The minimum Gasteiger partial charge on any atom is -0.508 e. The fraction of sp³-hybridized carbons (Fsp3) is 0.649. The molecule has 0 radical (unpaired) electrons. The van der Waals surface area contributed by atoms with Crippen LogP contribution in [0.4, 0.5) is 0 Å². The van der Waals surface area contributed by atoms with Crippen LogP contribution in [0.1, 0.15) is 152 Å². The number of para-hydroxylation sites is 2. The summed E-state index contributed by atoms with van der Waals surface area (Å²) in [6, 6.07) is 15.4. The standard InChI is InChI=1S/C37H59NO3/c39-36-31-23-21-27-33(36)25-17-13-9-5-1-3-7-11-15-19-29-35(38-41)30-20-16-12-8-4-2-6-10-14-18-26-34-28-22-24-32-37(34)40/h21-24,27-28,31-32,39-41H,1-20,25-26,29-30H2. The number of hydrogen-bond acceptors (Lipinski definition) is 4. The molecule has 0 aliphatic rings. The van der Waals surface area contributed by atoms with Crippen molar-refractivity contribution in [3.63, 3.8) is 0 Å². The number of phenols is 2. The van der Waals surface area contributed by atoms with E-state index in [0.29, 0.717) is 11.5 Å². The van der Waals surface area contributed by atoms with Crippen molar-refractivity contribution >= 4 is 5.71 Å². The summed E-state index contributed by atoms with van der Waals surface area (Å²) >= 11 is 0. The third-order valence-corrected chi connectivity index (χ3v) is 8.45. The lowest BCUT2D eigenvalue weighted by molar-refractivity contribution is 0.315. The number of rotatable bonds is 26. The molecule has 0 amide bonds. The van der Waals surface area contributed by atoms with Crippen molar-refractivity contribution in [1.82, 2.24) is 0 Å². The Morgan fingerprint density at radius 3 is 1.02 bits per heavy atom. The highest BCUT2D eigenvalue weighted by Gasteiger charge is 2.03. The topological polar surface area (TPSA) is 73.1 Å². The fourth-order valence-corrected chi connectivity index (χ4v) is 5.79. The van der Waals surface area contributed by atoms with E-state index in [1.807, 2.05) is 36.4 Å². The van der Waals surface area contributed by atoms with Crippen LogP contribution in [0.15, 0.2) is 53.7 Å². The van der Waals surface area contributed by atoms with Crippen LogP contribution in [0.25, 0.3) is 0 Å². The van der Waals surface area contributed by atoms with Gasteiger partial charge in [-0.2, -0.15) is 0 Å². The van der Waals surface area contributed by atoms with Crippen LogP contribution in [-0.2, 0) is 12.8 Å².